The molecule has 2 amide bonds. The van der Waals surface area contributed by atoms with E-state index in [0.29, 0.717) is 35.5 Å². The van der Waals surface area contributed by atoms with Gasteiger partial charge in [-0.2, -0.15) is 4.31 Å². The predicted molar refractivity (Wildman–Crippen MR) is 119 cm³/mol. The largest absolute Gasteiger partial charge is 0.369 e. The van der Waals surface area contributed by atoms with Gasteiger partial charge >= 0.3 is 0 Å². The molecule has 31 heavy (non-hydrogen) atoms. The van der Waals surface area contributed by atoms with E-state index in [4.69, 9.17) is 17.3 Å². The second-order valence-corrected chi connectivity index (χ2v) is 9.89. The van der Waals surface area contributed by atoms with Crippen LogP contribution in [0.15, 0.2) is 53.4 Å². The summed E-state index contributed by atoms with van der Waals surface area (Å²) in [4.78, 5) is 24.1. The van der Waals surface area contributed by atoms with Crippen molar-refractivity contribution in [3.05, 3.63) is 64.7 Å². The summed E-state index contributed by atoms with van der Waals surface area (Å²) in [6.07, 6.45) is 1.83. The molecule has 9 heteroatoms. The van der Waals surface area contributed by atoms with Gasteiger partial charge in [0.2, 0.25) is 15.9 Å². The minimum Gasteiger partial charge on any atom is -0.369 e. The number of nitrogens with one attached hydrogen (secondary N) is 1. The zero-order chi connectivity index (χ0) is 22.6. The maximum atomic E-state index is 13.5. The van der Waals surface area contributed by atoms with Crippen LogP contribution in [0.25, 0.3) is 0 Å². The number of sulfonamides is 1. The number of primary amides is 1. The maximum Gasteiger partial charge on any atom is 0.251 e. The molecular weight excluding hydrogens is 438 g/mol. The highest BCUT2D eigenvalue weighted by atomic mass is 35.5. The fraction of sp³-hybridized carbons (Fsp3) is 0.364. The van der Waals surface area contributed by atoms with Crippen molar-refractivity contribution in [1.82, 2.24) is 9.62 Å². The van der Waals surface area contributed by atoms with Gasteiger partial charge in [0.05, 0.1) is 10.8 Å². The summed E-state index contributed by atoms with van der Waals surface area (Å²) in [6, 6.07) is 12.2. The summed E-state index contributed by atoms with van der Waals surface area (Å²) >= 11 is 5.92. The minimum atomic E-state index is -3.91. The molecule has 0 unspecified atom stereocenters. The van der Waals surface area contributed by atoms with Gasteiger partial charge in [0, 0.05) is 29.7 Å². The van der Waals surface area contributed by atoms with Crippen LogP contribution >= 0.6 is 11.6 Å². The quantitative estimate of drug-likeness (QED) is 0.627. The highest BCUT2D eigenvalue weighted by Gasteiger charge is 2.41. The molecule has 0 bridgehead atoms. The highest BCUT2D eigenvalue weighted by Crippen LogP contribution is 2.34. The van der Waals surface area contributed by atoms with Gasteiger partial charge in [0.25, 0.3) is 5.91 Å². The number of benzene rings is 2. The highest BCUT2D eigenvalue weighted by molar-refractivity contribution is 7.89. The Labute approximate surface area is 187 Å². The number of halogens is 1. The second-order valence-electron chi connectivity index (χ2n) is 7.57. The van der Waals surface area contributed by atoms with Crippen LogP contribution in [-0.2, 0) is 21.4 Å². The Hall–Kier alpha value is -2.42. The van der Waals surface area contributed by atoms with Gasteiger partial charge in [0.1, 0.15) is 0 Å². The van der Waals surface area contributed by atoms with E-state index in [0.717, 1.165) is 6.42 Å². The Morgan fingerprint density at radius 1 is 1.10 bits per heavy atom. The fourth-order valence-corrected chi connectivity index (χ4v) is 5.75. The van der Waals surface area contributed by atoms with Crippen molar-refractivity contribution >= 4 is 33.4 Å². The molecule has 1 aliphatic carbocycles. The van der Waals surface area contributed by atoms with Crippen molar-refractivity contribution in [3.8, 4) is 0 Å². The summed E-state index contributed by atoms with van der Waals surface area (Å²) in [6.45, 7) is 2.42. The lowest BCUT2D eigenvalue weighted by Gasteiger charge is -2.31. The van der Waals surface area contributed by atoms with E-state index in [1.165, 1.54) is 28.6 Å². The van der Waals surface area contributed by atoms with Gasteiger partial charge < -0.3 is 11.1 Å². The number of hydrogen-bond acceptors (Lipinski definition) is 4. The van der Waals surface area contributed by atoms with Gasteiger partial charge in [-0.05, 0) is 61.7 Å². The molecule has 2 aromatic rings. The molecule has 0 spiro atoms. The van der Waals surface area contributed by atoms with E-state index < -0.39 is 27.9 Å². The molecule has 3 N–H and O–H groups in total. The minimum absolute atomic E-state index is 0.0646. The van der Waals surface area contributed by atoms with Gasteiger partial charge in [-0.3, -0.25) is 9.59 Å². The molecule has 3 rings (SSSR count). The van der Waals surface area contributed by atoms with Crippen LogP contribution in [0.3, 0.4) is 0 Å². The maximum absolute atomic E-state index is 13.5. The Morgan fingerprint density at radius 3 is 2.32 bits per heavy atom. The topological polar surface area (TPSA) is 110 Å². The zero-order valence-corrected chi connectivity index (χ0v) is 18.8. The number of hydrogen-bond donors (Lipinski definition) is 2. The standard InChI is InChI=1S/C22H26ClN3O4S/c1-2-25-22(28)16-8-6-15(7-9-16)14-26(20-5-3-4-19(20)21(24)27)31(29,30)18-12-10-17(23)11-13-18/h6-13,19-20H,2-5,14H2,1H3,(H2,24,27)(H,25,28)/t19-,20+/m0/s1. The van der Waals surface area contributed by atoms with Crippen molar-refractivity contribution in [2.24, 2.45) is 11.7 Å². The van der Waals surface area contributed by atoms with Crippen LogP contribution < -0.4 is 11.1 Å². The van der Waals surface area contributed by atoms with Crippen LogP contribution in [0.4, 0.5) is 0 Å². The SMILES string of the molecule is CCNC(=O)c1ccc(CN([C@@H]2CCC[C@@H]2C(N)=O)S(=O)(=O)c2ccc(Cl)cc2)cc1. The van der Waals surface area contributed by atoms with E-state index in [2.05, 4.69) is 5.32 Å². The first kappa shape index (κ1) is 23.2. The van der Waals surface area contributed by atoms with Crippen LogP contribution in [0.2, 0.25) is 5.02 Å². The number of amides is 2. The van der Waals surface area contributed by atoms with Gasteiger partial charge in [-0.1, -0.05) is 30.2 Å². The lowest BCUT2D eigenvalue weighted by atomic mass is 10.0. The Kier molecular flexibility index (Phi) is 7.35. The molecule has 2 atom stereocenters. The van der Waals surface area contributed by atoms with Crippen LogP contribution in [0, 0.1) is 5.92 Å². The van der Waals surface area contributed by atoms with E-state index in [-0.39, 0.29) is 17.3 Å². The molecule has 7 nitrogen and oxygen atoms in total. The third-order valence-corrected chi connectivity index (χ3v) is 7.66. The molecule has 1 fully saturated rings. The van der Waals surface area contributed by atoms with E-state index >= 15 is 0 Å². The van der Waals surface area contributed by atoms with Crippen molar-refractivity contribution < 1.29 is 18.0 Å². The van der Waals surface area contributed by atoms with Crippen LogP contribution in [0.1, 0.15) is 42.1 Å². The average molecular weight is 464 g/mol. The second kappa shape index (κ2) is 9.80. The summed E-state index contributed by atoms with van der Waals surface area (Å²) in [5.74, 6) is -1.23. The van der Waals surface area contributed by atoms with E-state index in [9.17, 15) is 18.0 Å². The molecule has 0 heterocycles. The van der Waals surface area contributed by atoms with Crippen molar-refractivity contribution in [2.75, 3.05) is 6.54 Å². The number of nitrogens with zero attached hydrogens (tertiary/aromatic N) is 1. The first-order chi connectivity index (χ1) is 14.7. The summed E-state index contributed by atoms with van der Waals surface area (Å²) in [7, 11) is -3.91. The Balaban J connectivity index is 1.95. The van der Waals surface area contributed by atoms with Gasteiger partial charge in [-0.25, -0.2) is 8.42 Å². The van der Waals surface area contributed by atoms with Crippen molar-refractivity contribution in [3.63, 3.8) is 0 Å². The molecule has 0 radical (unpaired) electrons. The van der Waals surface area contributed by atoms with Crippen molar-refractivity contribution in [1.29, 1.82) is 0 Å². The summed E-state index contributed by atoms with van der Waals surface area (Å²) in [5, 5.41) is 3.16. The lowest BCUT2D eigenvalue weighted by Crippen LogP contribution is -2.45. The zero-order valence-electron chi connectivity index (χ0n) is 17.3. The first-order valence-corrected chi connectivity index (χ1v) is 12.0. The lowest BCUT2D eigenvalue weighted by molar-refractivity contribution is -0.122. The molecule has 0 saturated heterocycles. The molecule has 0 aromatic heterocycles. The first-order valence-electron chi connectivity index (χ1n) is 10.2. The Bertz CT molecular complexity index is 1040. The van der Waals surface area contributed by atoms with Gasteiger partial charge in [0.15, 0.2) is 0 Å². The summed E-state index contributed by atoms with van der Waals surface area (Å²) < 4.78 is 28.4. The summed E-state index contributed by atoms with van der Waals surface area (Å²) in [5.41, 5.74) is 6.78. The number of carbonyl (C=O) groups excluding carboxylic acids is 2. The molecule has 166 valence electrons. The molecule has 0 aliphatic heterocycles. The smallest absolute Gasteiger partial charge is 0.251 e. The van der Waals surface area contributed by atoms with Gasteiger partial charge in [-0.15, -0.1) is 0 Å². The number of carbonyl (C=O) groups is 2. The normalized spacial score (nSPS) is 18.8. The number of nitrogens with two attached hydrogens (primary N) is 1. The van der Waals surface area contributed by atoms with Crippen molar-refractivity contribution in [2.45, 2.75) is 43.7 Å². The molecule has 2 aromatic carbocycles. The average Bonchev–Trinajstić information content (AvgIpc) is 3.22. The van der Waals surface area contributed by atoms with E-state index in [1.54, 1.807) is 24.3 Å². The molecular formula is C22H26ClN3O4S. The Morgan fingerprint density at radius 2 is 1.74 bits per heavy atom. The molecule has 1 aliphatic rings. The molecule has 1 saturated carbocycles. The van der Waals surface area contributed by atoms with E-state index in [1.807, 2.05) is 6.92 Å². The monoisotopic (exact) mass is 463 g/mol. The third-order valence-electron chi connectivity index (χ3n) is 5.53. The third kappa shape index (κ3) is 5.26. The van der Waals surface area contributed by atoms with Crippen LogP contribution in [0.5, 0.6) is 0 Å². The fourth-order valence-electron chi connectivity index (χ4n) is 3.94. The van der Waals surface area contributed by atoms with Crippen LogP contribution in [-0.4, -0.2) is 37.1 Å². The predicted octanol–water partition coefficient (Wildman–Crippen LogP) is 2.93. The number of rotatable bonds is 8.